The lowest BCUT2D eigenvalue weighted by molar-refractivity contribution is 0.380. The van der Waals surface area contributed by atoms with Crippen molar-refractivity contribution in [3.05, 3.63) is 0 Å². The molecule has 0 amide bonds. The van der Waals surface area contributed by atoms with Gasteiger partial charge in [0.05, 0.1) is 0 Å². The highest BCUT2D eigenvalue weighted by molar-refractivity contribution is 4.94. The molecule has 2 aliphatic carbocycles. The number of nitrogens with one attached hydrogen (secondary N) is 1. The van der Waals surface area contributed by atoms with Crippen molar-refractivity contribution in [2.75, 3.05) is 0 Å². The van der Waals surface area contributed by atoms with Crippen LogP contribution in [0.25, 0.3) is 0 Å². The van der Waals surface area contributed by atoms with Crippen LogP contribution in [0.2, 0.25) is 0 Å². The summed E-state index contributed by atoms with van der Waals surface area (Å²) in [5.74, 6) is 1.03. The summed E-state index contributed by atoms with van der Waals surface area (Å²) >= 11 is 0. The Morgan fingerprint density at radius 3 is 2.33 bits per heavy atom. The molecule has 1 heteroatoms. The molecule has 1 N–H and O–H groups in total. The van der Waals surface area contributed by atoms with Gasteiger partial charge in [-0.25, -0.2) is 0 Å². The lowest BCUT2D eigenvalue weighted by Crippen LogP contribution is -2.32. The third kappa shape index (κ3) is 3.79. The van der Waals surface area contributed by atoms with Crippen molar-refractivity contribution in [3.63, 3.8) is 0 Å². The van der Waals surface area contributed by atoms with Crippen LogP contribution in [0.1, 0.15) is 71.1 Å². The molecule has 15 heavy (non-hydrogen) atoms. The molecule has 0 saturated heterocycles. The van der Waals surface area contributed by atoms with Gasteiger partial charge in [-0.2, -0.15) is 0 Å². The third-order valence-electron chi connectivity index (χ3n) is 4.14. The molecule has 2 atom stereocenters. The Hall–Kier alpha value is -0.0400. The summed E-state index contributed by atoms with van der Waals surface area (Å²) in [6, 6.07) is 1.76. The molecule has 2 fully saturated rings. The van der Waals surface area contributed by atoms with Gasteiger partial charge in [0.2, 0.25) is 0 Å². The summed E-state index contributed by atoms with van der Waals surface area (Å²) in [7, 11) is 0. The number of rotatable bonds is 4. The van der Waals surface area contributed by atoms with Crippen LogP contribution in [0.4, 0.5) is 0 Å². The van der Waals surface area contributed by atoms with Crippen LogP contribution in [0.15, 0.2) is 0 Å². The summed E-state index contributed by atoms with van der Waals surface area (Å²) in [4.78, 5) is 0. The fourth-order valence-electron chi connectivity index (χ4n) is 3.07. The first-order valence-corrected chi connectivity index (χ1v) is 7.16. The van der Waals surface area contributed by atoms with E-state index in [0.29, 0.717) is 0 Å². The monoisotopic (exact) mass is 209 g/mol. The zero-order valence-corrected chi connectivity index (χ0v) is 10.3. The van der Waals surface area contributed by atoms with Crippen molar-refractivity contribution in [2.45, 2.75) is 83.2 Å². The Morgan fingerprint density at radius 2 is 1.67 bits per heavy atom. The summed E-state index contributed by atoms with van der Waals surface area (Å²) in [6.07, 6.45) is 14.5. The Kier molecular flexibility index (Phi) is 4.49. The van der Waals surface area contributed by atoms with E-state index in [-0.39, 0.29) is 0 Å². The largest absolute Gasteiger partial charge is 0.311 e. The molecule has 0 aromatic heterocycles. The van der Waals surface area contributed by atoms with Gasteiger partial charge in [0.15, 0.2) is 0 Å². The fourth-order valence-corrected chi connectivity index (χ4v) is 3.07. The van der Waals surface area contributed by atoms with Gasteiger partial charge in [0.25, 0.3) is 0 Å². The minimum atomic E-state index is 0.858. The van der Waals surface area contributed by atoms with Crippen LogP contribution in [0, 0.1) is 5.92 Å². The number of hydrogen-bond acceptors (Lipinski definition) is 1. The summed E-state index contributed by atoms with van der Waals surface area (Å²) in [5.41, 5.74) is 0. The molecule has 0 heterocycles. The molecule has 2 rings (SSSR count). The molecule has 88 valence electrons. The lowest BCUT2D eigenvalue weighted by atomic mass is 9.96. The third-order valence-corrected chi connectivity index (χ3v) is 4.14. The van der Waals surface area contributed by atoms with Crippen LogP contribution in [0.5, 0.6) is 0 Å². The van der Waals surface area contributed by atoms with Crippen molar-refractivity contribution in [1.29, 1.82) is 0 Å². The SMILES string of the molecule is CCCC1CC1NC1CCCCCCC1. The van der Waals surface area contributed by atoms with E-state index in [1.54, 1.807) is 0 Å². The van der Waals surface area contributed by atoms with E-state index in [0.717, 1.165) is 18.0 Å². The van der Waals surface area contributed by atoms with Crippen molar-refractivity contribution in [2.24, 2.45) is 5.92 Å². The molecule has 0 aromatic carbocycles. The highest BCUT2D eigenvalue weighted by atomic mass is 15.0. The summed E-state index contributed by atoms with van der Waals surface area (Å²) in [6.45, 7) is 2.31. The molecule has 2 unspecified atom stereocenters. The maximum atomic E-state index is 3.90. The highest BCUT2D eigenvalue weighted by Gasteiger charge is 2.36. The van der Waals surface area contributed by atoms with E-state index in [2.05, 4.69) is 12.2 Å². The Morgan fingerprint density at radius 1 is 1.00 bits per heavy atom. The molecule has 0 bridgehead atoms. The van der Waals surface area contributed by atoms with E-state index in [1.807, 2.05) is 0 Å². The van der Waals surface area contributed by atoms with Crippen LogP contribution < -0.4 is 5.32 Å². The fraction of sp³-hybridized carbons (Fsp3) is 1.00. The molecular weight excluding hydrogens is 182 g/mol. The Labute approximate surface area is 95.0 Å². The minimum Gasteiger partial charge on any atom is -0.311 e. The van der Waals surface area contributed by atoms with Crippen molar-refractivity contribution in [3.8, 4) is 0 Å². The predicted molar refractivity (Wildman–Crippen MR) is 66.0 cm³/mol. The van der Waals surface area contributed by atoms with Crippen LogP contribution in [-0.2, 0) is 0 Å². The Balaban J connectivity index is 1.65. The van der Waals surface area contributed by atoms with Crippen LogP contribution in [0.3, 0.4) is 0 Å². The van der Waals surface area contributed by atoms with E-state index in [4.69, 9.17) is 0 Å². The molecule has 0 aromatic rings. The van der Waals surface area contributed by atoms with E-state index < -0.39 is 0 Å². The van der Waals surface area contributed by atoms with E-state index in [1.165, 1.54) is 64.2 Å². The first-order chi connectivity index (χ1) is 7.40. The van der Waals surface area contributed by atoms with Crippen molar-refractivity contribution >= 4 is 0 Å². The molecular formula is C14H27N. The van der Waals surface area contributed by atoms with Gasteiger partial charge < -0.3 is 5.32 Å². The first-order valence-electron chi connectivity index (χ1n) is 7.16. The molecule has 2 saturated carbocycles. The molecule has 0 aliphatic heterocycles. The second kappa shape index (κ2) is 5.89. The molecule has 0 radical (unpaired) electrons. The average molecular weight is 209 g/mol. The topological polar surface area (TPSA) is 12.0 Å². The first kappa shape index (κ1) is 11.4. The Bertz CT molecular complexity index is 170. The van der Waals surface area contributed by atoms with Gasteiger partial charge in [0, 0.05) is 12.1 Å². The molecule has 1 nitrogen and oxygen atoms in total. The van der Waals surface area contributed by atoms with Crippen molar-refractivity contribution < 1.29 is 0 Å². The van der Waals surface area contributed by atoms with Gasteiger partial charge in [0.1, 0.15) is 0 Å². The van der Waals surface area contributed by atoms with E-state index in [9.17, 15) is 0 Å². The van der Waals surface area contributed by atoms with Crippen LogP contribution >= 0.6 is 0 Å². The van der Waals surface area contributed by atoms with Gasteiger partial charge in [-0.3, -0.25) is 0 Å². The zero-order valence-electron chi connectivity index (χ0n) is 10.3. The predicted octanol–water partition coefficient (Wildman–Crippen LogP) is 3.88. The quantitative estimate of drug-likeness (QED) is 0.741. The minimum absolute atomic E-state index is 0.858. The second-order valence-electron chi connectivity index (χ2n) is 5.60. The van der Waals surface area contributed by atoms with Crippen molar-refractivity contribution in [1.82, 2.24) is 5.32 Å². The maximum Gasteiger partial charge on any atom is 0.0102 e. The van der Waals surface area contributed by atoms with Gasteiger partial charge in [-0.05, 0) is 31.6 Å². The van der Waals surface area contributed by atoms with Gasteiger partial charge in [-0.1, -0.05) is 45.4 Å². The maximum absolute atomic E-state index is 3.90. The average Bonchev–Trinajstić information content (AvgIpc) is 2.89. The highest BCUT2D eigenvalue weighted by Crippen LogP contribution is 2.35. The normalized spacial score (nSPS) is 33.4. The summed E-state index contributed by atoms with van der Waals surface area (Å²) in [5, 5.41) is 3.90. The second-order valence-corrected chi connectivity index (χ2v) is 5.60. The number of hydrogen-bond donors (Lipinski definition) is 1. The standard InChI is InChI=1S/C14H27N/c1-2-8-12-11-14(12)15-13-9-6-4-3-5-7-10-13/h12-15H,2-11H2,1H3. The van der Waals surface area contributed by atoms with Crippen LogP contribution in [-0.4, -0.2) is 12.1 Å². The molecule has 0 spiro atoms. The summed E-state index contributed by atoms with van der Waals surface area (Å²) < 4.78 is 0. The van der Waals surface area contributed by atoms with Gasteiger partial charge in [-0.15, -0.1) is 0 Å². The lowest BCUT2D eigenvalue weighted by Gasteiger charge is -2.21. The zero-order chi connectivity index (χ0) is 10.5. The smallest absolute Gasteiger partial charge is 0.0102 e. The van der Waals surface area contributed by atoms with Gasteiger partial charge >= 0.3 is 0 Å². The molecule has 2 aliphatic rings. The van der Waals surface area contributed by atoms with E-state index >= 15 is 0 Å².